The molecule has 1 N–H and O–H groups in total. The molecule has 1 heterocycles. The van der Waals surface area contributed by atoms with Gasteiger partial charge in [0.1, 0.15) is 0 Å². The molecule has 0 aromatic carbocycles. The molecule has 0 saturated carbocycles. The molecule has 11 heavy (non-hydrogen) atoms. The molecule has 0 aromatic heterocycles. The van der Waals surface area contributed by atoms with Gasteiger partial charge in [0.15, 0.2) is 0 Å². The predicted molar refractivity (Wildman–Crippen MR) is 44.4 cm³/mol. The third kappa shape index (κ3) is 2.50. The highest BCUT2D eigenvalue weighted by Crippen LogP contribution is 1.97. The average Bonchev–Trinajstić information content (AvgIpc) is 1.98. The van der Waals surface area contributed by atoms with E-state index in [1.165, 1.54) is 6.42 Å². The van der Waals surface area contributed by atoms with E-state index in [0.29, 0.717) is 6.54 Å². The van der Waals surface area contributed by atoms with Crippen molar-refractivity contribution < 1.29 is 4.79 Å². The molecule has 1 amide bonds. The molecule has 1 saturated heterocycles. The third-order valence-corrected chi connectivity index (χ3v) is 2.04. The van der Waals surface area contributed by atoms with Gasteiger partial charge in [0, 0.05) is 13.1 Å². The second kappa shape index (κ2) is 4.34. The van der Waals surface area contributed by atoms with E-state index in [1.54, 1.807) is 0 Å². The summed E-state index contributed by atoms with van der Waals surface area (Å²) in [6.07, 6.45) is 2.32. The Labute approximate surface area is 67.8 Å². The molecule has 64 valence electrons. The number of carbonyl (C=O) groups is 1. The Morgan fingerprint density at radius 2 is 2.36 bits per heavy atom. The first-order chi connectivity index (χ1) is 5.34. The largest absolute Gasteiger partial charge is 0.342 e. The molecule has 3 nitrogen and oxygen atoms in total. The number of carbonyl (C=O) groups excluding carboxylic acids is 1. The van der Waals surface area contributed by atoms with Crippen LogP contribution >= 0.6 is 0 Å². The van der Waals surface area contributed by atoms with Crippen molar-refractivity contribution in [2.45, 2.75) is 19.8 Å². The summed E-state index contributed by atoms with van der Waals surface area (Å²) in [5.41, 5.74) is 0. The van der Waals surface area contributed by atoms with Gasteiger partial charge in [-0.2, -0.15) is 0 Å². The van der Waals surface area contributed by atoms with Crippen LogP contribution in [0.2, 0.25) is 0 Å². The lowest BCUT2D eigenvalue weighted by molar-refractivity contribution is -0.130. The van der Waals surface area contributed by atoms with Crippen LogP contribution in [0.15, 0.2) is 0 Å². The highest BCUT2D eigenvalue weighted by Gasteiger charge is 2.12. The van der Waals surface area contributed by atoms with Gasteiger partial charge in [0.2, 0.25) is 5.91 Å². The fourth-order valence-electron chi connectivity index (χ4n) is 1.32. The summed E-state index contributed by atoms with van der Waals surface area (Å²) in [7, 11) is 0. The topological polar surface area (TPSA) is 32.3 Å². The number of hydrogen-bond acceptors (Lipinski definition) is 2. The smallest absolute Gasteiger partial charge is 0.236 e. The second-order valence-corrected chi connectivity index (χ2v) is 2.86. The Balaban J connectivity index is 2.39. The molecule has 1 aliphatic rings. The first kappa shape index (κ1) is 8.53. The maximum atomic E-state index is 11.3. The molecule has 3 heteroatoms. The molecule has 0 aromatic rings. The molecule has 0 spiro atoms. The maximum Gasteiger partial charge on any atom is 0.236 e. The van der Waals surface area contributed by atoms with Gasteiger partial charge in [-0.3, -0.25) is 4.79 Å². The van der Waals surface area contributed by atoms with E-state index >= 15 is 0 Å². The van der Waals surface area contributed by atoms with Crippen LogP contribution in [-0.2, 0) is 4.79 Å². The van der Waals surface area contributed by atoms with Crippen LogP contribution in [0, 0.1) is 0 Å². The third-order valence-electron chi connectivity index (χ3n) is 2.04. The molecule has 0 unspecified atom stereocenters. The van der Waals surface area contributed by atoms with Gasteiger partial charge in [0.05, 0.1) is 6.54 Å². The molecule has 0 aliphatic carbocycles. The van der Waals surface area contributed by atoms with E-state index in [0.717, 1.165) is 26.1 Å². The van der Waals surface area contributed by atoms with Crippen molar-refractivity contribution in [2.75, 3.05) is 26.2 Å². The van der Waals surface area contributed by atoms with E-state index in [1.807, 2.05) is 11.8 Å². The van der Waals surface area contributed by atoms with Gasteiger partial charge in [-0.05, 0) is 26.3 Å². The van der Waals surface area contributed by atoms with Gasteiger partial charge >= 0.3 is 0 Å². The Kier molecular flexibility index (Phi) is 3.36. The molecule has 0 radical (unpaired) electrons. The van der Waals surface area contributed by atoms with Gasteiger partial charge < -0.3 is 10.2 Å². The molecule has 0 bridgehead atoms. The van der Waals surface area contributed by atoms with Crippen molar-refractivity contribution in [3.05, 3.63) is 0 Å². The minimum absolute atomic E-state index is 0.243. The number of nitrogens with zero attached hydrogens (tertiary/aromatic N) is 1. The zero-order chi connectivity index (χ0) is 8.10. The second-order valence-electron chi connectivity index (χ2n) is 2.86. The van der Waals surface area contributed by atoms with Crippen molar-refractivity contribution >= 4 is 5.91 Å². The van der Waals surface area contributed by atoms with Crippen molar-refractivity contribution in [1.82, 2.24) is 10.2 Å². The van der Waals surface area contributed by atoms with E-state index in [2.05, 4.69) is 5.32 Å². The summed E-state index contributed by atoms with van der Waals surface area (Å²) in [6.45, 7) is 5.33. The molecular formula is C8H16N2O. The number of rotatable bonds is 1. The Morgan fingerprint density at radius 3 is 3.09 bits per heavy atom. The van der Waals surface area contributed by atoms with Gasteiger partial charge in [-0.25, -0.2) is 0 Å². The number of nitrogens with one attached hydrogen (secondary N) is 1. The van der Waals surface area contributed by atoms with Crippen molar-refractivity contribution in [1.29, 1.82) is 0 Å². The molecule has 0 atom stereocenters. The first-order valence-electron chi connectivity index (χ1n) is 4.33. The molecular weight excluding hydrogens is 140 g/mol. The van der Waals surface area contributed by atoms with E-state index in [9.17, 15) is 4.79 Å². The number of hydrogen-bond donors (Lipinski definition) is 1. The van der Waals surface area contributed by atoms with Crippen LogP contribution in [0.5, 0.6) is 0 Å². The highest BCUT2D eigenvalue weighted by atomic mass is 16.2. The van der Waals surface area contributed by atoms with Crippen molar-refractivity contribution in [2.24, 2.45) is 0 Å². The van der Waals surface area contributed by atoms with Gasteiger partial charge in [-0.1, -0.05) is 0 Å². The average molecular weight is 156 g/mol. The molecule has 1 fully saturated rings. The van der Waals surface area contributed by atoms with E-state index in [-0.39, 0.29) is 5.91 Å². The van der Waals surface area contributed by atoms with Crippen LogP contribution in [0.1, 0.15) is 19.8 Å². The monoisotopic (exact) mass is 156 g/mol. The molecule has 1 aliphatic heterocycles. The minimum Gasteiger partial charge on any atom is -0.342 e. The maximum absolute atomic E-state index is 11.3. The number of likely N-dealkylation sites (N-methyl/N-ethyl adjacent to an activating group) is 1. The van der Waals surface area contributed by atoms with E-state index in [4.69, 9.17) is 0 Å². The van der Waals surface area contributed by atoms with Crippen LogP contribution in [0.25, 0.3) is 0 Å². The number of amides is 1. The standard InChI is InChI=1S/C8H16N2O/c1-2-10-6-4-3-5-9-7-8(10)11/h9H,2-7H2,1H3. The highest BCUT2D eigenvalue weighted by molar-refractivity contribution is 5.78. The fourth-order valence-corrected chi connectivity index (χ4v) is 1.32. The Morgan fingerprint density at radius 1 is 1.55 bits per heavy atom. The Bertz CT molecular complexity index is 136. The lowest BCUT2D eigenvalue weighted by Crippen LogP contribution is -2.41. The zero-order valence-electron chi connectivity index (χ0n) is 7.10. The van der Waals surface area contributed by atoms with Crippen LogP contribution in [-0.4, -0.2) is 37.0 Å². The van der Waals surface area contributed by atoms with Gasteiger partial charge in [0.25, 0.3) is 0 Å². The summed E-state index contributed by atoms with van der Waals surface area (Å²) < 4.78 is 0. The normalized spacial score (nSPS) is 21.2. The minimum atomic E-state index is 0.243. The SMILES string of the molecule is CCN1CCCCNCC1=O. The zero-order valence-corrected chi connectivity index (χ0v) is 7.10. The predicted octanol–water partition coefficient (Wildman–Crippen LogP) is 0.218. The fraction of sp³-hybridized carbons (Fsp3) is 0.875. The van der Waals surface area contributed by atoms with E-state index < -0.39 is 0 Å². The van der Waals surface area contributed by atoms with Crippen molar-refractivity contribution in [3.8, 4) is 0 Å². The first-order valence-corrected chi connectivity index (χ1v) is 4.33. The molecule has 1 rings (SSSR count). The summed E-state index contributed by atoms with van der Waals surface area (Å²) in [5.74, 6) is 0.243. The lowest BCUT2D eigenvalue weighted by Gasteiger charge is -2.23. The lowest BCUT2D eigenvalue weighted by atomic mass is 10.2. The van der Waals surface area contributed by atoms with Crippen LogP contribution < -0.4 is 5.32 Å². The van der Waals surface area contributed by atoms with Crippen LogP contribution in [0.3, 0.4) is 0 Å². The summed E-state index contributed by atoms with van der Waals surface area (Å²) in [6, 6.07) is 0. The van der Waals surface area contributed by atoms with Crippen molar-refractivity contribution in [3.63, 3.8) is 0 Å². The quantitative estimate of drug-likeness (QED) is 0.589. The van der Waals surface area contributed by atoms with Crippen LogP contribution in [0.4, 0.5) is 0 Å². The summed E-state index contributed by atoms with van der Waals surface area (Å²) in [4.78, 5) is 13.2. The summed E-state index contributed by atoms with van der Waals surface area (Å²) >= 11 is 0. The Hall–Kier alpha value is -0.570. The summed E-state index contributed by atoms with van der Waals surface area (Å²) in [5, 5.41) is 3.11. The van der Waals surface area contributed by atoms with Gasteiger partial charge in [-0.15, -0.1) is 0 Å².